The summed E-state index contributed by atoms with van der Waals surface area (Å²) in [5.74, 6) is 0.161. The lowest BCUT2D eigenvalue weighted by atomic mass is 10.0. The number of aromatic nitrogens is 3. The molecular formula is C40H53FIN5O5SSi2. The zero-order chi connectivity index (χ0) is 40.0. The summed E-state index contributed by atoms with van der Waals surface area (Å²) >= 11 is 2.21. The molecule has 0 aliphatic carbocycles. The Morgan fingerprint density at radius 2 is 1.55 bits per heavy atom. The molecule has 0 saturated heterocycles. The molecule has 3 aromatic carbocycles. The predicted molar refractivity (Wildman–Crippen MR) is 235 cm³/mol. The number of anilines is 2. The molecule has 0 saturated carbocycles. The number of para-hydroxylation sites is 1. The van der Waals surface area contributed by atoms with E-state index in [0.717, 1.165) is 37.8 Å². The van der Waals surface area contributed by atoms with Crippen molar-refractivity contribution in [3.63, 3.8) is 0 Å². The third-order valence-electron chi connectivity index (χ3n) is 9.19. The Balaban J connectivity index is 1.51. The molecule has 0 atom stereocenters. The first kappa shape index (κ1) is 42.8. The van der Waals surface area contributed by atoms with Gasteiger partial charge in [0.1, 0.15) is 16.2 Å². The van der Waals surface area contributed by atoms with Gasteiger partial charge in [0.25, 0.3) is 10.0 Å². The Hall–Kier alpha value is -3.36. The fraction of sp³-hybridized carbons (Fsp3) is 0.400. The molecule has 0 bridgehead atoms. The number of sulfonamides is 1. The minimum Gasteiger partial charge on any atom is -0.464 e. The number of hydrogen-bond donors (Lipinski definition) is 1. The Morgan fingerprint density at radius 3 is 2.22 bits per heavy atom. The second-order valence-electron chi connectivity index (χ2n) is 15.9. The predicted octanol–water partition coefficient (Wildman–Crippen LogP) is 9.84. The van der Waals surface area contributed by atoms with E-state index in [1.165, 1.54) is 10.4 Å². The first-order valence-electron chi connectivity index (χ1n) is 18.5. The lowest BCUT2D eigenvalue weighted by Gasteiger charge is -2.23. The van der Waals surface area contributed by atoms with Crippen LogP contribution in [0, 0.1) is 9.52 Å². The van der Waals surface area contributed by atoms with Crippen LogP contribution in [0.2, 0.25) is 51.4 Å². The van der Waals surface area contributed by atoms with Crippen molar-refractivity contribution < 1.29 is 27.0 Å². The first-order chi connectivity index (χ1) is 26.0. The highest BCUT2D eigenvalue weighted by atomic mass is 127. The summed E-state index contributed by atoms with van der Waals surface area (Å²) in [7, 11) is -4.83. The highest BCUT2D eigenvalue weighted by Gasteiger charge is 2.24. The van der Waals surface area contributed by atoms with Crippen LogP contribution in [-0.4, -0.2) is 66.4 Å². The Labute approximate surface area is 341 Å². The summed E-state index contributed by atoms with van der Waals surface area (Å²) in [4.78, 5) is 5.29. The molecule has 15 heteroatoms. The van der Waals surface area contributed by atoms with E-state index < -0.39 is 32.0 Å². The number of benzene rings is 3. The fourth-order valence-electron chi connectivity index (χ4n) is 5.85. The number of rotatable bonds is 19. The molecule has 0 spiro atoms. The monoisotopic (exact) mass is 917 g/mol. The van der Waals surface area contributed by atoms with Crippen molar-refractivity contribution in [2.45, 2.75) is 82.9 Å². The maximum atomic E-state index is 15.8. The molecule has 2 aromatic heterocycles. The highest BCUT2D eigenvalue weighted by molar-refractivity contribution is 14.1. The molecule has 0 aliphatic heterocycles. The van der Waals surface area contributed by atoms with Gasteiger partial charge in [-0.3, -0.25) is 4.31 Å². The molecule has 5 rings (SSSR count). The molecule has 2 heterocycles. The SMILES string of the molecule is CCc1cc(OCOCC[Si](C)(C)C)c(F)cc1-c1cc2c(c(I)nn2COCC[Si](C)(C)C)c(NCc2ccccc2N(C)S(=O)(=O)c2ccccc2)n1. The standard InChI is InChI=1S/C40H53FIN5O5SSi2/c1-9-29-23-37(52-28-51-20-22-55(6,7)8)33(41)24-32(29)34-25-36-38(39(42)45-47(36)27-50-19-21-54(3,4)5)40(44-34)43-26-30-15-13-14-18-35(30)46(2)53(48,49)31-16-11-10-12-17-31/h10-18,23-25H,9,19-22,26-28H2,1-8H3,(H,43,44). The average Bonchev–Trinajstić information content (AvgIpc) is 3.46. The van der Waals surface area contributed by atoms with E-state index in [9.17, 15) is 8.42 Å². The Morgan fingerprint density at radius 1 is 0.891 bits per heavy atom. The van der Waals surface area contributed by atoms with Crippen molar-refractivity contribution in [3.05, 3.63) is 93.4 Å². The lowest BCUT2D eigenvalue weighted by molar-refractivity contribution is 0.0197. The molecular weight excluding hydrogens is 865 g/mol. The van der Waals surface area contributed by atoms with Crippen molar-refractivity contribution >= 4 is 71.2 Å². The number of hydrogen-bond acceptors (Lipinski definition) is 8. The molecule has 0 amide bonds. The van der Waals surface area contributed by atoms with Gasteiger partial charge in [0.2, 0.25) is 0 Å². The summed E-state index contributed by atoms with van der Waals surface area (Å²) in [6.45, 7) is 17.5. The van der Waals surface area contributed by atoms with Crippen LogP contribution < -0.4 is 14.4 Å². The molecule has 55 heavy (non-hydrogen) atoms. The molecule has 0 unspecified atom stereocenters. The van der Waals surface area contributed by atoms with Gasteiger partial charge in [0.05, 0.1) is 27.2 Å². The zero-order valence-electron chi connectivity index (χ0n) is 33.1. The van der Waals surface area contributed by atoms with Crippen molar-refractivity contribution in [3.8, 4) is 17.0 Å². The van der Waals surface area contributed by atoms with Gasteiger partial charge in [0.15, 0.2) is 18.4 Å². The van der Waals surface area contributed by atoms with Gasteiger partial charge in [-0.05, 0) is 88.6 Å². The van der Waals surface area contributed by atoms with Crippen molar-refractivity contribution in [2.75, 3.05) is 36.7 Å². The molecule has 296 valence electrons. The van der Waals surface area contributed by atoms with Crippen LogP contribution in [0.25, 0.3) is 22.2 Å². The van der Waals surface area contributed by atoms with E-state index in [-0.39, 0.29) is 30.7 Å². The van der Waals surface area contributed by atoms with Crippen molar-refractivity contribution in [2.24, 2.45) is 0 Å². The average molecular weight is 918 g/mol. The summed E-state index contributed by atoms with van der Waals surface area (Å²) in [5, 5.41) is 9.13. The third-order valence-corrected chi connectivity index (χ3v) is 15.1. The van der Waals surface area contributed by atoms with Crippen LogP contribution in [0.5, 0.6) is 5.75 Å². The normalized spacial score (nSPS) is 12.3. The van der Waals surface area contributed by atoms with E-state index in [2.05, 4.69) is 67.2 Å². The largest absolute Gasteiger partial charge is 0.464 e. The van der Waals surface area contributed by atoms with Crippen molar-refractivity contribution in [1.29, 1.82) is 0 Å². The van der Waals surface area contributed by atoms with Crippen LogP contribution in [0.3, 0.4) is 0 Å². The van der Waals surface area contributed by atoms with E-state index >= 15 is 4.39 Å². The van der Waals surface area contributed by atoms with E-state index in [1.807, 2.05) is 35.9 Å². The number of nitrogens with zero attached hydrogens (tertiary/aromatic N) is 4. The second-order valence-corrected chi connectivity index (χ2v) is 30.2. The minimum atomic E-state index is -3.82. The number of halogens is 2. The van der Waals surface area contributed by atoms with E-state index in [4.69, 9.17) is 24.3 Å². The van der Waals surface area contributed by atoms with Gasteiger partial charge < -0.3 is 19.5 Å². The molecule has 10 nitrogen and oxygen atoms in total. The maximum Gasteiger partial charge on any atom is 0.264 e. The minimum absolute atomic E-state index is 0.0270. The van der Waals surface area contributed by atoms with Crippen LogP contribution in [0.15, 0.2) is 77.7 Å². The van der Waals surface area contributed by atoms with Gasteiger partial charge in [-0.15, -0.1) is 0 Å². The number of aryl methyl sites for hydroxylation is 1. The lowest BCUT2D eigenvalue weighted by Crippen LogP contribution is -2.27. The molecule has 0 radical (unpaired) electrons. The fourth-order valence-corrected chi connectivity index (χ4v) is 9.41. The van der Waals surface area contributed by atoms with Crippen molar-refractivity contribution in [1.82, 2.24) is 14.8 Å². The van der Waals surface area contributed by atoms with Gasteiger partial charge in [-0.25, -0.2) is 22.5 Å². The zero-order valence-corrected chi connectivity index (χ0v) is 38.1. The maximum absolute atomic E-state index is 15.8. The first-order valence-corrected chi connectivity index (χ1v) is 28.5. The van der Waals surface area contributed by atoms with Crippen LogP contribution in [0.4, 0.5) is 15.9 Å². The summed E-state index contributed by atoms with van der Waals surface area (Å²) in [6.07, 6.45) is 0.608. The smallest absolute Gasteiger partial charge is 0.264 e. The molecule has 0 aliphatic rings. The van der Waals surface area contributed by atoms with Gasteiger partial charge >= 0.3 is 0 Å². The van der Waals surface area contributed by atoms with Crippen LogP contribution in [0.1, 0.15) is 18.1 Å². The Kier molecular flexibility index (Phi) is 14.2. The van der Waals surface area contributed by atoms with Crippen LogP contribution in [-0.2, 0) is 39.2 Å². The third kappa shape index (κ3) is 11.2. The van der Waals surface area contributed by atoms with Gasteiger partial charge in [-0.1, -0.05) is 82.6 Å². The molecule has 1 N–H and O–H groups in total. The number of pyridine rings is 1. The highest BCUT2D eigenvalue weighted by Crippen LogP contribution is 2.36. The molecule has 5 aromatic rings. The van der Waals surface area contributed by atoms with Crippen LogP contribution >= 0.6 is 22.6 Å². The molecule has 0 fully saturated rings. The second kappa shape index (κ2) is 18.3. The van der Waals surface area contributed by atoms with E-state index in [1.54, 1.807) is 49.5 Å². The van der Waals surface area contributed by atoms with Gasteiger partial charge in [-0.2, -0.15) is 5.10 Å². The quantitative estimate of drug-likeness (QED) is 0.0378. The number of nitrogens with one attached hydrogen (secondary N) is 1. The Bertz CT molecular complexity index is 2190. The van der Waals surface area contributed by atoms with E-state index in [0.29, 0.717) is 42.4 Å². The van der Waals surface area contributed by atoms with Gasteiger partial charge in [0, 0.05) is 48.5 Å². The summed E-state index contributed by atoms with van der Waals surface area (Å²) in [5.41, 5.74) is 4.11. The topological polar surface area (TPSA) is 108 Å². The number of fused-ring (bicyclic) bond motifs is 1. The summed E-state index contributed by atoms with van der Waals surface area (Å²) < 4.78 is 64.4. The number of ether oxygens (including phenoxy) is 3. The summed E-state index contributed by atoms with van der Waals surface area (Å²) in [6, 6.07) is 22.9.